The Labute approximate surface area is 85.9 Å². The Morgan fingerprint density at radius 2 is 2.36 bits per heavy atom. The molecule has 0 bridgehead atoms. The minimum atomic E-state index is 0.244. The highest BCUT2D eigenvalue weighted by Crippen LogP contribution is 2.15. The first-order valence-corrected chi connectivity index (χ1v) is 4.43. The third-order valence-electron chi connectivity index (χ3n) is 1.88. The first-order chi connectivity index (χ1) is 6.66. The Kier molecular flexibility index (Phi) is 2.05. The SMILES string of the molecule is Cn1nnc2cc(NC(N)=S)ccc21. The number of hydrogen-bond acceptors (Lipinski definition) is 3. The van der Waals surface area contributed by atoms with Gasteiger partial charge in [0, 0.05) is 12.7 Å². The van der Waals surface area contributed by atoms with Crippen LogP contribution in [0.5, 0.6) is 0 Å². The average Bonchev–Trinajstić information content (AvgIpc) is 2.46. The van der Waals surface area contributed by atoms with E-state index >= 15 is 0 Å². The van der Waals surface area contributed by atoms with Gasteiger partial charge in [-0.2, -0.15) is 0 Å². The molecule has 1 aromatic heterocycles. The molecule has 14 heavy (non-hydrogen) atoms. The number of fused-ring (bicyclic) bond motifs is 1. The minimum Gasteiger partial charge on any atom is -0.376 e. The third-order valence-corrected chi connectivity index (χ3v) is 1.98. The van der Waals surface area contributed by atoms with Crippen molar-refractivity contribution in [2.45, 2.75) is 0 Å². The van der Waals surface area contributed by atoms with Gasteiger partial charge in [-0.25, -0.2) is 4.68 Å². The molecule has 5 nitrogen and oxygen atoms in total. The standard InChI is InChI=1S/C8H9N5S/c1-13-7-3-2-5(10-8(9)14)4-6(7)11-12-13/h2-4H,1H3,(H3,9,10,14). The Morgan fingerprint density at radius 1 is 1.57 bits per heavy atom. The molecule has 72 valence electrons. The largest absolute Gasteiger partial charge is 0.376 e. The topological polar surface area (TPSA) is 68.8 Å². The van der Waals surface area contributed by atoms with Crippen LogP contribution < -0.4 is 11.1 Å². The van der Waals surface area contributed by atoms with Crippen molar-refractivity contribution in [2.75, 3.05) is 5.32 Å². The molecule has 3 N–H and O–H groups in total. The van der Waals surface area contributed by atoms with Gasteiger partial charge in [-0.3, -0.25) is 0 Å². The molecule has 0 fully saturated rings. The van der Waals surface area contributed by atoms with Gasteiger partial charge in [-0.1, -0.05) is 5.21 Å². The van der Waals surface area contributed by atoms with Crippen LogP contribution in [0.1, 0.15) is 0 Å². The van der Waals surface area contributed by atoms with Gasteiger partial charge in [-0.15, -0.1) is 5.10 Å². The van der Waals surface area contributed by atoms with Gasteiger partial charge >= 0.3 is 0 Å². The summed E-state index contributed by atoms with van der Waals surface area (Å²) in [5.41, 5.74) is 7.96. The van der Waals surface area contributed by atoms with E-state index in [-0.39, 0.29) is 5.11 Å². The molecule has 6 heteroatoms. The highest BCUT2D eigenvalue weighted by molar-refractivity contribution is 7.80. The quantitative estimate of drug-likeness (QED) is 0.671. The second kappa shape index (κ2) is 3.22. The zero-order valence-electron chi connectivity index (χ0n) is 7.56. The first-order valence-electron chi connectivity index (χ1n) is 4.03. The number of aryl methyl sites for hydroxylation is 1. The van der Waals surface area contributed by atoms with Gasteiger partial charge < -0.3 is 11.1 Å². The maximum Gasteiger partial charge on any atom is 0.168 e. The molecule has 1 heterocycles. The number of nitrogens with zero attached hydrogens (tertiary/aromatic N) is 3. The van der Waals surface area contributed by atoms with Crippen molar-refractivity contribution < 1.29 is 0 Å². The second-order valence-corrected chi connectivity index (χ2v) is 3.35. The molecule has 0 saturated carbocycles. The zero-order chi connectivity index (χ0) is 10.1. The summed E-state index contributed by atoms with van der Waals surface area (Å²) >= 11 is 4.73. The summed E-state index contributed by atoms with van der Waals surface area (Å²) in [5, 5.41) is 10.9. The lowest BCUT2D eigenvalue weighted by Crippen LogP contribution is -2.18. The van der Waals surface area contributed by atoms with Crippen LogP contribution in [0, 0.1) is 0 Å². The Bertz CT molecular complexity index is 489. The summed E-state index contributed by atoms with van der Waals surface area (Å²) in [6, 6.07) is 5.64. The molecule has 2 rings (SSSR count). The van der Waals surface area contributed by atoms with Crippen molar-refractivity contribution in [1.82, 2.24) is 15.0 Å². The van der Waals surface area contributed by atoms with E-state index in [9.17, 15) is 0 Å². The van der Waals surface area contributed by atoms with E-state index in [1.165, 1.54) is 0 Å². The first kappa shape index (κ1) is 8.89. The van der Waals surface area contributed by atoms with Crippen molar-refractivity contribution in [2.24, 2.45) is 12.8 Å². The molecule has 0 saturated heterocycles. The number of aromatic nitrogens is 3. The van der Waals surface area contributed by atoms with Gasteiger partial charge in [0.15, 0.2) is 5.11 Å². The van der Waals surface area contributed by atoms with Crippen LogP contribution in [-0.2, 0) is 7.05 Å². The maximum absolute atomic E-state index is 5.35. The summed E-state index contributed by atoms with van der Waals surface area (Å²) in [4.78, 5) is 0. The Balaban J connectivity index is 2.46. The zero-order valence-corrected chi connectivity index (χ0v) is 8.38. The molecule has 0 amide bonds. The lowest BCUT2D eigenvalue weighted by molar-refractivity contribution is 0.736. The Hall–Kier alpha value is -1.69. The molecular formula is C8H9N5S. The summed E-state index contributed by atoms with van der Waals surface area (Å²) in [7, 11) is 1.84. The number of thiocarbonyl (C=S) groups is 1. The molecule has 1 aromatic carbocycles. The Morgan fingerprint density at radius 3 is 3.07 bits per heavy atom. The monoisotopic (exact) mass is 207 g/mol. The number of benzene rings is 1. The third kappa shape index (κ3) is 1.51. The van der Waals surface area contributed by atoms with Crippen LogP contribution in [-0.4, -0.2) is 20.1 Å². The van der Waals surface area contributed by atoms with E-state index in [4.69, 9.17) is 18.0 Å². The predicted octanol–water partition coefficient (Wildman–Crippen LogP) is 0.624. The fourth-order valence-corrected chi connectivity index (χ4v) is 1.38. The van der Waals surface area contributed by atoms with E-state index in [2.05, 4.69) is 15.6 Å². The van der Waals surface area contributed by atoms with Gasteiger partial charge in [0.2, 0.25) is 0 Å². The maximum atomic E-state index is 5.35. The van der Waals surface area contributed by atoms with Crippen LogP contribution in [0.2, 0.25) is 0 Å². The van der Waals surface area contributed by atoms with Crippen molar-refractivity contribution in [1.29, 1.82) is 0 Å². The van der Waals surface area contributed by atoms with Gasteiger partial charge in [0.05, 0.1) is 5.52 Å². The van der Waals surface area contributed by atoms with E-state index in [1.807, 2.05) is 25.2 Å². The number of nitrogens with two attached hydrogens (primary N) is 1. The van der Waals surface area contributed by atoms with Crippen LogP contribution in [0.25, 0.3) is 11.0 Å². The van der Waals surface area contributed by atoms with Crippen molar-refractivity contribution >= 4 is 34.1 Å². The summed E-state index contributed by atoms with van der Waals surface area (Å²) in [6.45, 7) is 0. The molecule has 0 radical (unpaired) electrons. The number of hydrogen-bond donors (Lipinski definition) is 2. The molecule has 0 aliphatic heterocycles. The van der Waals surface area contributed by atoms with E-state index < -0.39 is 0 Å². The van der Waals surface area contributed by atoms with E-state index in [1.54, 1.807) is 4.68 Å². The fraction of sp³-hybridized carbons (Fsp3) is 0.125. The molecule has 0 aliphatic rings. The van der Waals surface area contributed by atoms with Gasteiger partial charge in [-0.05, 0) is 30.4 Å². The van der Waals surface area contributed by atoms with E-state index in [0.717, 1.165) is 16.7 Å². The second-order valence-electron chi connectivity index (χ2n) is 2.91. The van der Waals surface area contributed by atoms with Gasteiger partial charge in [0.1, 0.15) is 5.52 Å². The molecule has 0 atom stereocenters. The van der Waals surface area contributed by atoms with Gasteiger partial charge in [0.25, 0.3) is 0 Å². The summed E-state index contributed by atoms with van der Waals surface area (Å²) in [6.07, 6.45) is 0. The fourth-order valence-electron chi connectivity index (χ4n) is 1.26. The summed E-state index contributed by atoms with van der Waals surface area (Å²) in [5.74, 6) is 0. The van der Waals surface area contributed by atoms with Crippen LogP contribution >= 0.6 is 12.2 Å². The van der Waals surface area contributed by atoms with Crippen LogP contribution in [0.3, 0.4) is 0 Å². The number of anilines is 1. The van der Waals surface area contributed by atoms with Crippen LogP contribution in [0.4, 0.5) is 5.69 Å². The summed E-state index contributed by atoms with van der Waals surface area (Å²) < 4.78 is 1.71. The smallest absolute Gasteiger partial charge is 0.168 e. The normalized spacial score (nSPS) is 10.4. The van der Waals surface area contributed by atoms with Crippen molar-refractivity contribution in [3.63, 3.8) is 0 Å². The number of nitrogens with one attached hydrogen (secondary N) is 1. The van der Waals surface area contributed by atoms with E-state index in [0.29, 0.717) is 0 Å². The molecule has 0 unspecified atom stereocenters. The lowest BCUT2D eigenvalue weighted by atomic mass is 10.3. The average molecular weight is 207 g/mol. The lowest BCUT2D eigenvalue weighted by Gasteiger charge is -2.02. The van der Waals surface area contributed by atoms with Crippen molar-refractivity contribution in [3.8, 4) is 0 Å². The molecule has 2 aromatic rings. The highest BCUT2D eigenvalue weighted by Gasteiger charge is 2.01. The molecule has 0 spiro atoms. The van der Waals surface area contributed by atoms with Crippen molar-refractivity contribution in [3.05, 3.63) is 18.2 Å². The molecular weight excluding hydrogens is 198 g/mol. The minimum absolute atomic E-state index is 0.244. The highest BCUT2D eigenvalue weighted by atomic mass is 32.1. The number of rotatable bonds is 1. The molecule has 0 aliphatic carbocycles. The predicted molar refractivity (Wildman–Crippen MR) is 58.9 cm³/mol. The van der Waals surface area contributed by atoms with Crippen LogP contribution in [0.15, 0.2) is 18.2 Å².